The van der Waals surface area contributed by atoms with Crippen LogP contribution in [0.15, 0.2) is 28.7 Å². The molecule has 0 spiro atoms. The molecule has 1 atom stereocenters. The number of rotatable bonds is 3. The van der Waals surface area contributed by atoms with Crippen molar-refractivity contribution in [1.29, 1.82) is 0 Å². The predicted molar refractivity (Wildman–Crippen MR) is 99.1 cm³/mol. The van der Waals surface area contributed by atoms with Crippen molar-refractivity contribution in [2.45, 2.75) is 51.2 Å². The van der Waals surface area contributed by atoms with Crippen LogP contribution in [-0.4, -0.2) is 35.6 Å². The van der Waals surface area contributed by atoms with Crippen molar-refractivity contribution in [3.63, 3.8) is 0 Å². The van der Waals surface area contributed by atoms with Gasteiger partial charge in [0.1, 0.15) is 5.60 Å². The van der Waals surface area contributed by atoms with E-state index in [0.29, 0.717) is 19.5 Å². The molecule has 3 rings (SSSR count). The Hall–Kier alpha value is -1.56. The molecule has 6 heteroatoms. The molecule has 1 aliphatic carbocycles. The minimum atomic E-state index is -0.518. The Kier molecular flexibility index (Phi) is 4.84. The van der Waals surface area contributed by atoms with Gasteiger partial charge in [-0.3, -0.25) is 4.79 Å². The van der Waals surface area contributed by atoms with E-state index in [1.54, 1.807) is 4.90 Å². The molecule has 1 aromatic carbocycles. The first-order valence-electron chi connectivity index (χ1n) is 8.75. The first kappa shape index (κ1) is 18.2. The van der Waals surface area contributed by atoms with Gasteiger partial charge in [0.2, 0.25) is 5.91 Å². The van der Waals surface area contributed by atoms with Gasteiger partial charge in [-0.2, -0.15) is 0 Å². The van der Waals surface area contributed by atoms with Gasteiger partial charge in [-0.15, -0.1) is 0 Å². The number of carbonyl (C=O) groups is 2. The molecule has 1 heterocycles. The summed E-state index contributed by atoms with van der Waals surface area (Å²) in [5.41, 5.74) is 0.383. The number of amides is 2. The lowest BCUT2D eigenvalue weighted by Gasteiger charge is -2.24. The molecule has 1 N–H and O–H groups in total. The van der Waals surface area contributed by atoms with Crippen LogP contribution in [0.2, 0.25) is 0 Å². The highest BCUT2D eigenvalue weighted by molar-refractivity contribution is 9.10. The maximum Gasteiger partial charge on any atom is 0.410 e. The monoisotopic (exact) mass is 408 g/mol. The molecule has 1 unspecified atom stereocenters. The molecule has 136 valence electrons. The van der Waals surface area contributed by atoms with Gasteiger partial charge in [0.05, 0.1) is 11.5 Å². The van der Waals surface area contributed by atoms with Crippen LogP contribution in [0.5, 0.6) is 0 Å². The van der Waals surface area contributed by atoms with Crippen LogP contribution in [0.1, 0.15) is 45.6 Å². The summed E-state index contributed by atoms with van der Waals surface area (Å²) < 4.78 is 6.41. The summed E-state index contributed by atoms with van der Waals surface area (Å²) in [4.78, 5) is 26.5. The molecular formula is C19H25BrN2O3. The van der Waals surface area contributed by atoms with Crippen LogP contribution < -0.4 is 5.32 Å². The number of likely N-dealkylation sites (tertiary alicyclic amines) is 1. The van der Waals surface area contributed by atoms with Crippen molar-refractivity contribution < 1.29 is 14.3 Å². The smallest absolute Gasteiger partial charge is 0.410 e. The highest BCUT2D eigenvalue weighted by atomic mass is 79.9. The second kappa shape index (κ2) is 6.63. The lowest BCUT2D eigenvalue weighted by molar-refractivity contribution is -0.125. The van der Waals surface area contributed by atoms with Gasteiger partial charge in [0.15, 0.2) is 0 Å². The molecule has 1 saturated carbocycles. The average molecular weight is 409 g/mol. The van der Waals surface area contributed by atoms with E-state index >= 15 is 0 Å². The largest absolute Gasteiger partial charge is 0.444 e. The van der Waals surface area contributed by atoms with Crippen molar-refractivity contribution in [2.75, 3.05) is 13.1 Å². The molecule has 0 bridgehead atoms. The standard InChI is InChI=1S/C19H25BrN2O3/c1-18(2,3)25-17(24)22-10-7-13(12-22)16(23)21-19(8-9-19)14-5-4-6-15(20)11-14/h4-6,11,13H,7-10,12H2,1-3H3,(H,21,23). The Morgan fingerprint density at radius 1 is 1.32 bits per heavy atom. The second-order valence-electron chi connectivity index (χ2n) is 7.99. The Morgan fingerprint density at radius 2 is 2.04 bits per heavy atom. The summed E-state index contributed by atoms with van der Waals surface area (Å²) in [5, 5.41) is 3.22. The summed E-state index contributed by atoms with van der Waals surface area (Å²) in [6.07, 6.45) is 2.26. The zero-order valence-corrected chi connectivity index (χ0v) is 16.6. The minimum Gasteiger partial charge on any atom is -0.444 e. The molecule has 2 fully saturated rings. The fourth-order valence-electron chi connectivity index (χ4n) is 3.20. The fourth-order valence-corrected chi connectivity index (χ4v) is 3.60. The molecule has 1 aromatic rings. The number of hydrogen-bond donors (Lipinski definition) is 1. The number of carbonyl (C=O) groups excluding carboxylic acids is 2. The Labute approximate surface area is 157 Å². The molecule has 0 aromatic heterocycles. The quantitative estimate of drug-likeness (QED) is 0.826. The van der Waals surface area contributed by atoms with E-state index in [2.05, 4.69) is 33.4 Å². The van der Waals surface area contributed by atoms with Crippen LogP contribution in [0.25, 0.3) is 0 Å². The SMILES string of the molecule is CC(C)(C)OC(=O)N1CCC(C(=O)NC2(c3cccc(Br)c3)CC2)C1. The van der Waals surface area contributed by atoms with Crippen LogP contribution in [0, 0.1) is 5.92 Å². The van der Waals surface area contributed by atoms with Crippen molar-refractivity contribution in [1.82, 2.24) is 10.2 Å². The van der Waals surface area contributed by atoms with Crippen LogP contribution in [-0.2, 0) is 15.1 Å². The maximum absolute atomic E-state index is 12.7. The van der Waals surface area contributed by atoms with Gasteiger partial charge in [0, 0.05) is 17.6 Å². The first-order chi connectivity index (χ1) is 11.7. The Balaban J connectivity index is 1.59. The minimum absolute atomic E-state index is 0.0311. The number of nitrogens with one attached hydrogen (secondary N) is 1. The van der Waals surface area contributed by atoms with Crippen LogP contribution in [0.3, 0.4) is 0 Å². The topological polar surface area (TPSA) is 58.6 Å². The zero-order chi connectivity index (χ0) is 18.2. The molecule has 25 heavy (non-hydrogen) atoms. The van der Waals surface area contributed by atoms with Crippen molar-refractivity contribution in [2.24, 2.45) is 5.92 Å². The maximum atomic E-state index is 12.7. The highest BCUT2D eigenvalue weighted by Gasteiger charge is 2.47. The Bertz CT molecular complexity index is 679. The van der Waals surface area contributed by atoms with Gasteiger partial charge in [0.25, 0.3) is 0 Å². The van der Waals surface area contributed by atoms with E-state index in [-0.39, 0.29) is 23.5 Å². The van der Waals surface area contributed by atoms with Gasteiger partial charge in [-0.05, 0) is 57.7 Å². The van der Waals surface area contributed by atoms with Gasteiger partial charge in [-0.25, -0.2) is 4.79 Å². The molecule has 2 amide bonds. The summed E-state index contributed by atoms with van der Waals surface area (Å²) in [7, 11) is 0. The molecular weight excluding hydrogens is 384 g/mol. The number of halogens is 1. The van der Waals surface area contributed by atoms with E-state index in [1.807, 2.05) is 32.9 Å². The summed E-state index contributed by atoms with van der Waals surface area (Å²) in [5.74, 6) is -0.138. The van der Waals surface area contributed by atoms with Crippen molar-refractivity contribution in [3.8, 4) is 0 Å². The van der Waals surface area contributed by atoms with Crippen LogP contribution in [0.4, 0.5) is 4.79 Å². The predicted octanol–water partition coefficient (Wildman–Crippen LogP) is 3.81. The van der Waals surface area contributed by atoms with E-state index in [1.165, 1.54) is 0 Å². The average Bonchev–Trinajstić information content (AvgIpc) is 3.10. The third-order valence-corrected chi connectivity index (χ3v) is 5.19. The summed E-state index contributed by atoms with van der Waals surface area (Å²) >= 11 is 3.49. The molecule has 1 saturated heterocycles. The third kappa shape index (κ3) is 4.35. The highest BCUT2D eigenvalue weighted by Crippen LogP contribution is 2.46. The van der Waals surface area contributed by atoms with Crippen LogP contribution >= 0.6 is 15.9 Å². The summed E-state index contributed by atoms with van der Waals surface area (Å²) in [6, 6.07) is 8.09. The normalized spacial score (nSPS) is 21.8. The molecule has 0 radical (unpaired) electrons. The molecule has 5 nitrogen and oxygen atoms in total. The van der Waals surface area contributed by atoms with Gasteiger partial charge in [-0.1, -0.05) is 28.1 Å². The van der Waals surface area contributed by atoms with E-state index in [9.17, 15) is 9.59 Å². The number of nitrogens with zero attached hydrogens (tertiary/aromatic N) is 1. The van der Waals surface area contributed by atoms with E-state index in [4.69, 9.17) is 4.74 Å². The lowest BCUT2D eigenvalue weighted by Crippen LogP contribution is -2.41. The number of hydrogen-bond acceptors (Lipinski definition) is 3. The molecule has 1 aliphatic heterocycles. The first-order valence-corrected chi connectivity index (χ1v) is 9.54. The Morgan fingerprint density at radius 3 is 2.64 bits per heavy atom. The van der Waals surface area contributed by atoms with Gasteiger partial charge >= 0.3 is 6.09 Å². The van der Waals surface area contributed by atoms with Crippen molar-refractivity contribution in [3.05, 3.63) is 34.3 Å². The van der Waals surface area contributed by atoms with E-state index in [0.717, 1.165) is 22.9 Å². The van der Waals surface area contributed by atoms with Crippen molar-refractivity contribution >= 4 is 27.9 Å². The number of benzene rings is 1. The second-order valence-corrected chi connectivity index (χ2v) is 8.91. The fraction of sp³-hybridized carbons (Fsp3) is 0.579. The van der Waals surface area contributed by atoms with Gasteiger partial charge < -0.3 is 15.0 Å². The number of ether oxygens (including phenoxy) is 1. The van der Waals surface area contributed by atoms with E-state index < -0.39 is 5.60 Å². The third-order valence-electron chi connectivity index (χ3n) is 4.70. The summed E-state index contributed by atoms with van der Waals surface area (Å²) in [6.45, 7) is 6.53. The lowest BCUT2D eigenvalue weighted by atomic mass is 10.0. The molecule has 2 aliphatic rings. The zero-order valence-electron chi connectivity index (χ0n) is 15.0.